The van der Waals surface area contributed by atoms with Gasteiger partial charge in [-0.1, -0.05) is 17.7 Å². The number of halogens is 1. The SMILES string of the molecule is Cc1ccsc1CNc1cccc(Cl)c1N. The zero-order valence-corrected chi connectivity index (χ0v) is 10.5. The van der Waals surface area contributed by atoms with E-state index < -0.39 is 0 Å². The number of hydrogen-bond acceptors (Lipinski definition) is 3. The molecule has 1 heterocycles. The minimum absolute atomic E-state index is 0.591. The van der Waals surface area contributed by atoms with E-state index in [2.05, 4.69) is 23.7 Å². The topological polar surface area (TPSA) is 38.0 Å². The van der Waals surface area contributed by atoms with Gasteiger partial charge in [0.05, 0.1) is 16.4 Å². The lowest BCUT2D eigenvalue weighted by Gasteiger charge is -2.09. The molecule has 0 amide bonds. The van der Waals surface area contributed by atoms with Crippen molar-refractivity contribution in [3.8, 4) is 0 Å². The first-order valence-corrected chi connectivity index (χ1v) is 6.25. The number of nitrogen functional groups attached to an aromatic ring is 1. The second-order valence-corrected chi connectivity index (χ2v) is 4.99. The smallest absolute Gasteiger partial charge is 0.0739 e. The molecule has 2 nitrogen and oxygen atoms in total. The number of hydrogen-bond donors (Lipinski definition) is 2. The molecule has 3 N–H and O–H groups in total. The molecule has 1 aromatic heterocycles. The molecule has 16 heavy (non-hydrogen) atoms. The van der Waals surface area contributed by atoms with E-state index in [1.54, 1.807) is 17.4 Å². The maximum absolute atomic E-state index is 5.94. The van der Waals surface area contributed by atoms with Gasteiger partial charge in [0.15, 0.2) is 0 Å². The van der Waals surface area contributed by atoms with Crippen molar-refractivity contribution in [2.24, 2.45) is 0 Å². The molecule has 0 aliphatic carbocycles. The Balaban J connectivity index is 2.11. The number of para-hydroxylation sites is 1. The Morgan fingerprint density at radius 2 is 2.19 bits per heavy atom. The van der Waals surface area contributed by atoms with Crippen LogP contribution in [-0.4, -0.2) is 0 Å². The highest BCUT2D eigenvalue weighted by Gasteiger charge is 2.04. The molecule has 0 fully saturated rings. The van der Waals surface area contributed by atoms with Crippen LogP contribution in [0.5, 0.6) is 0 Å². The minimum atomic E-state index is 0.591. The Labute approximate surface area is 104 Å². The van der Waals surface area contributed by atoms with Gasteiger partial charge in [0.25, 0.3) is 0 Å². The maximum atomic E-state index is 5.94. The molecule has 2 rings (SSSR count). The summed E-state index contributed by atoms with van der Waals surface area (Å²) in [5.41, 5.74) is 8.67. The van der Waals surface area contributed by atoms with E-state index in [1.807, 2.05) is 12.1 Å². The van der Waals surface area contributed by atoms with Crippen LogP contribution in [0.3, 0.4) is 0 Å². The fraction of sp³-hybridized carbons (Fsp3) is 0.167. The monoisotopic (exact) mass is 252 g/mol. The average molecular weight is 253 g/mol. The van der Waals surface area contributed by atoms with Gasteiger partial charge in [-0.2, -0.15) is 0 Å². The summed E-state index contributed by atoms with van der Waals surface area (Å²) in [5.74, 6) is 0. The molecule has 0 bridgehead atoms. The van der Waals surface area contributed by atoms with Crippen LogP contribution in [0.15, 0.2) is 29.6 Å². The number of benzene rings is 1. The van der Waals surface area contributed by atoms with Gasteiger partial charge in [-0.05, 0) is 36.1 Å². The molecule has 0 unspecified atom stereocenters. The van der Waals surface area contributed by atoms with Gasteiger partial charge in [-0.25, -0.2) is 0 Å². The second-order valence-electron chi connectivity index (χ2n) is 3.58. The normalized spacial score (nSPS) is 10.4. The van der Waals surface area contributed by atoms with E-state index in [4.69, 9.17) is 17.3 Å². The van der Waals surface area contributed by atoms with Crippen LogP contribution in [0, 0.1) is 6.92 Å². The summed E-state index contributed by atoms with van der Waals surface area (Å²) in [6, 6.07) is 7.73. The molecular formula is C12H13ClN2S. The zero-order chi connectivity index (χ0) is 11.5. The summed E-state index contributed by atoms with van der Waals surface area (Å²) in [6.07, 6.45) is 0. The maximum Gasteiger partial charge on any atom is 0.0739 e. The second kappa shape index (κ2) is 4.76. The number of thiophene rings is 1. The highest BCUT2D eigenvalue weighted by molar-refractivity contribution is 7.10. The first-order valence-electron chi connectivity index (χ1n) is 4.99. The summed E-state index contributed by atoms with van der Waals surface area (Å²) in [7, 11) is 0. The summed E-state index contributed by atoms with van der Waals surface area (Å²) in [4.78, 5) is 1.32. The summed E-state index contributed by atoms with van der Waals surface area (Å²) in [5, 5.41) is 5.98. The zero-order valence-electron chi connectivity index (χ0n) is 8.96. The third-order valence-electron chi connectivity index (χ3n) is 2.46. The van der Waals surface area contributed by atoms with Crippen LogP contribution < -0.4 is 11.1 Å². The van der Waals surface area contributed by atoms with Gasteiger partial charge in [0.1, 0.15) is 0 Å². The largest absolute Gasteiger partial charge is 0.396 e. The number of anilines is 2. The summed E-state index contributed by atoms with van der Waals surface area (Å²) < 4.78 is 0. The van der Waals surface area contributed by atoms with Crippen LogP contribution in [-0.2, 0) is 6.54 Å². The number of aryl methyl sites for hydroxylation is 1. The Morgan fingerprint density at radius 3 is 2.88 bits per heavy atom. The van der Waals surface area contributed by atoms with Gasteiger partial charge in [0.2, 0.25) is 0 Å². The molecule has 0 atom stereocenters. The molecule has 0 aliphatic heterocycles. The van der Waals surface area contributed by atoms with Crippen molar-refractivity contribution < 1.29 is 0 Å². The first-order chi connectivity index (χ1) is 7.68. The van der Waals surface area contributed by atoms with Crippen LogP contribution in [0.25, 0.3) is 0 Å². The van der Waals surface area contributed by atoms with Gasteiger partial charge in [-0.15, -0.1) is 11.3 Å². The van der Waals surface area contributed by atoms with E-state index >= 15 is 0 Å². The van der Waals surface area contributed by atoms with Crippen molar-refractivity contribution in [2.45, 2.75) is 13.5 Å². The lowest BCUT2D eigenvalue weighted by Crippen LogP contribution is -2.02. The van der Waals surface area contributed by atoms with Crippen molar-refractivity contribution in [3.63, 3.8) is 0 Å². The number of rotatable bonds is 3. The van der Waals surface area contributed by atoms with Crippen LogP contribution in [0.2, 0.25) is 5.02 Å². The van der Waals surface area contributed by atoms with Gasteiger partial charge in [-0.3, -0.25) is 0 Å². The third kappa shape index (κ3) is 2.31. The highest BCUT2D eigenvalue weighted by atomic mass is 35.5. The third-order valence-corrected chi connectivity index (χ3v) is 3.81. The molecule has 0 saturated carbocycles. The molecule has 0 saturated heterocycles. The van der Waals surface area contributed by atoms with Gasteiger partial charge >= 0.3 is 0 Å². The van der Waals surface area contributed by atoms with Crippen molar-refractivity contribution in [2.75, 3.05) is 11.1 Å². The minimum Gasteiger partial charge on any atom is -0.396 e. The molecule has 0 aliphatic rings. The molecule has 84 valence electrons. The first kappa shape index (κ1) is 11.3. The molecule has 0 spiro atoms. The predicted molar refractivity (Wildman–Crippen MR) is 72.2 cm³/mol. The molecule has 4 heteroatoms. The van der Waals surface area contributed by atoms with Crippen molar-refractivity contribution in [3.05, 3.63) is 45.1 Å². The fourth-order valence-electron chi connectivity index (χ4n) is 1.45. The van der Waals surface area contributed by atoms with Crippen LogP contribution in [0.1, 0.15) is 10.4 Å². The Bertz CT molecular complexity index is 494. The lowest BCUT2D eigenvalue weighted by atomic mass is 10.2. The Kier molecular flexibility index (Phi) is 3.36. The summed E-state index contributed by atoms with van der Waals surface area (Å²) >= 11 is 7.69. The molecule has 1 aromatic carbocycles. The number of nitrogens with one attached hydrogen (secondary N) is 1. The van der Waals surface area contributed by atoms with E-state index in [-0.39, 0.29) is 0 Å². The van der Waals surface area contributed by atoms with Gasteiger partial charge in [0, 0.05) is 11.4 Å². The van der Waals surface area contributed by atoms with E-state index in [0.29, 0.717) is 10.7 Å². The fourth-order valence-corrected chi connectivity index (χ4v) is 2.47. The van der Waals surface area contributed by atoms with Crippen molar-refractivity contribution in [1.29, 1.82) is 0 Å². The molecule has 2 aromatic rings. The van der Waals surface area contributed by atoms with Crippen molar-refractivity contribution in [1.82, 2.24) is 0 Å². The van der Waals surface area contributed by atoms with Crippen LogP contribution >= 0.6 is 22.9 Å². The predicted octanol–water partition coefficient (Wildman–Crippen LogP) is 3.90. The quantitative estimate of drug-likeness (QED) is 0.813. The lowest BCUT2D eigenvalue weighted by molar-refractivity contribution is 1.17. The highest BCUT2D eigenvalue weighted by Crippen LogP contribution is 2.27. The Morgan fingerprint density at radius 1 is 1.38 bits per heavy atom. The van der Waals surface area contributed by atoms with E-state index in [0.717, 1.165) is 12.2 Å². The average Bonchev–Trinajstić information content (AvgIpc) is 2.67. The van der Waals surface area contributed by atoms with Crippen LogP contribution in [0.4, 0.5) is 11.4 Å². The Hall–Kier alpha value is -1.19. The number of nitrogens with two attached hydrogens (primary N) is 1. The standard InChI is InChI=1S/C12H13ClN2S/c1-8-5-6-16-11(8)7-15-10-4-2-3-9(13)12(10)14/h2-6,15H,7,14H2,1H3. The van der Waals surface area contributed by atoms with E-state index in [1.165, 1.54) is 10.4 Å². The molecular weight excluding hydrogens is 240 g/mol. The van der Waals surface area contributed by atoms with Crippen molar-refractivity contribution >= 4 is 34.3 Å². The van der Waals surface area contributed by atoms with E-state index in [9.17, 15) is 0 Å². The molecule has 0 radical (unpaired) electrons. The summed E-state index contributed by atoms with van der Waals surface area (Å²) in [6.45, 7) is 2.89. The van der Waals surface area contributed by atoms with Gasteiger partial charge < -0.3 is 11.1 Å².